The van der Waals surface area contributed by atoms with Gasteiger partial charge in [-0.15, -0.1) is 0 Å². The largest absolute Gasteiger partial charge is 0.480 e. The zero-order valence-corrected chi connectivity index (χ0v) is 7.37. The second-order valence-corrected chi connectivity index (χ2v) is 2.54. The van der Waals surface area contributed by atoms with E-state index >= 15 is 0 Å². The number of carboxylic acids is 1. The minimum atomic E-state index is -1.08. The number of pyridine rings is 1. The van der Waals surface area contributed by atoms with Gasteiger partial charge in [-0.05, 0) is 13.0 Å². The highest BCUT2D eigenvalue weighted by Gasteiger charge is 2.13. The SMILES string of the molecule is COc1nc(C)cc(C(=O)O)c1N. The summed E-state index contributed by atoms with van der Waals surface area (Å²) >= 11 is 0. The third-order valence-corrected chi connectivity index (χ3v) is 1.58. The average molecular weight is 182 g/mol. The highest BCUT2D eigenvalue weighted by Crippen LogP contribution is 2.23. The highest BCUT2D eigenvalue weighted by molar-refractivity contribution is 5.94. The number of hydrogen-bond donors (Lipinski definition) is 2. The van der Waals surface area contributed by atoms with Crippen molar-refractivity contribution < 1.29 is 14.6 Å². The summed E-state index contributed by atoms with van der Waals surface area (Å²) in [6, 6.07) is 1.40. The van der Waals surface area contributed by atoms with E-state index in [1.807, 2.05) is 0 Å². The standard InChI is InChI=1S/C8H10N2O3/c1-4-3-5(8(11)12)6(9)7(10-4)13-2/h3H,9H2,1-2H3,(H,11,12). The normalized spacial score (nSPS) is 9.69. The summed E-state index contributed by atoms with van der Waals surface area (Å²) in [6.45, 7) is 1.67. The lowest BCUT2D eigenvalue weighted by atomic mass is 10.2. The zero-order chi connectivity index (χ0) is 10.0. The Morgan fingerprint density at radius 2 is 2.31 bits per heavy atom. The number of methoxy groups -OCH3 is 1. The number of aromatic nitrogens is 1. The van der Waals surface area contributed by atoms with Crippen molar-refractivity contribution in [3.63, 3.8) is 0 Å². The van der Waals surface area contributed by atoms with E-state index in [1.54, 1.807) is 6.92 Å². The third-order valence-electron chi connectivity index (χ3n) is 1.58. The quantitative estimate of drug-likeness (QED) is 0.702. The van der Waals surface area contributed by atoms with E-state index in [4.69, 9.17) is 15.6 Å². The molecule has 0 saturated carbocycles. The third kappa shape index (κ3) is 1.69. The summed E-state index contributed by atoms with van der Waals surface area (Å²) in [5, 5.41) is 8.75. The van der Waals surface area contributed by atoms with Gasteiger partial charge in [0.2, 0.25) is 5.88 Å². The molecule has 0 fully saturated rings. The summed E-state index contributed by atoms with van der Waals surface area (Å²) in [5.74, 6) is -0.932. The molecule has 1 aromatic heterocycles. The number of rotatable bonds is 2. The number of nitrogen functional groups attached to an aromatic ring is 1. The maximum Gasteiger partial charge on any atom is 0.338 e. The molecule has 0 aliphatic carbocycles. The molecule has 0 amide bonds. The van der Waals surface area contributed by atoms with Crippen LogP contribution >= 0.6 is 0 Å². The van der Waals surface area contributed by atoms with Crippen LogP contribution in [0.2, 0.25) is 0 Å². The van der Waals surface area contributed by atoms with Crippen LogP contribution < -0.4 is 10.5 Å². The smallest absolute Gasteiger partial charge is 0.338 e. The fraction of sp³-hybridized carbons (Fsp3) is 0.250. The predicted molar refractivity (Wildman–Crippen MR) is 46.9 cm³/mol. The Morgan fingerprint density at radius 1 is 1.69 bits per heavy atom. The van der Waals surface area contributed by atoms with Gasteiger partial charge in [-0.1, -0.05) is 0 Å². The summed E-state index contributed by atoms with van der Waals surface area (Å²) in [4.78, 5) is 14.6. The van der Waals surface area contributed by atoms with Crippen LogP contribution in [-0.2, 0) is 0 Å². The second kappa shape index (κ2) is 3.30. The van der Waals surface area contributed by atoms with Crippen molar-refractivity contribution >= 4 is 11.7 Å². The minimum Gasteiger partial charge on any atom is -0.480 e. The molecule has 1 aromatic rings. The number of hydrogen-bond acceptors (Lipinski definition) is 4. The monoisotopic (exact) mass is 182 g/mol. The Kier molecular flexibility index (Phi) is 2.36. The van der Waals surface area contributed by atoms with Gasteiger partial charge in [0.1, 0.15) is 5.69 Å². The van der Waals surface area contributed by atoms with Crippen LogP contribution in [0.25, 0.3) is 0 Å². The maximum absolute atomic E-state index is 10.7. The van der Waals surface area contributed by atoms with Gasteiger partial charge in [0.15, 0.2) is 0 Å². The van der Waals surface area contributed by atoms with Crippen LogP contribution in [0, 0.1) is 6.92 Å². The van der Waals surface area contributed by atoms with Crippen molar-refractivity contribution in [1.29, 1.82) is 0 Å². The minimum absolute atomic E-state index is 0.0179. The molecule has 0 radical (unpaired) electrons. The molecule has 13 heavy (non-hydrogen) atoms. The van der Waals surface area contributed by atoms with Crippen molar-refractivity contribution in [1.82, 2.24) is 4.98 Å². The molecular weight excluding hydrogens is 172 g/mol. The van der Waals surface area contributed by atoms with Crippen LogP contribution in [0.3, 0.4) is 0 Å². The summed E-state index contributed by atoms with van der Waals surface area (Å²) < 4.78 is 4.82. The number of anilines is 1. The maximum atomic E-state index is 10.7. The first-order chi connectivity index (χ1) is 6.06. The summed E-state index contributed by atoms with van der Waals surface area (Å²) in [7, 11) is 1.39. The van der Waals surface area contributed by atoms with Gasteiger partial charge in [-0.25, -0.2) is 9.78 Å². The van der Waals surface area contributed by atoms with Crippen LogP contribution in [-0.4, -0.2) is 23.2 Å². The van der Waals surface area contributed by atoms with Gasteiger partial charge in [0.25, 0.3) is 0 Å². The van der Waals surface area contributed by atoms with Crippen molar-refractivity contribution in [2.24, 2.45) is 0 Å². The molecule has 0 aromatic carbocycles. The van der Waals surface area contributed by atoms with Crippen LogP contribution in [0.1, 0.15) is 16.1 Å². The summed E-state index contributed by atoms with van der Waals surface area (Å²) in [5.41, 5.74) is 6.13. The molecule has 0 saturated heterocycles. The molecule has 3 N–H and O–H groups in total. The van der Waals surface area contributed by atoms with Crippen molar-refractivity contribution in [3.05, 3.63) is 17.3 Å². The van der Waals surface area contributed by atoms with E-state index in [1.165, 1.54) is 13.2 Å². The van der Waals surface area contributed by atoms with E-state index in [-0.39, 0.29) is 17.1 Å². The van der Waals surface area contributed by atoms with Gasteiger partial charge in [-0.2, -0.15) is 0 Å². The number of aromatic carboxylic acids is 1. The molecule has 1 heterocycles. The first-order valence-electron chi connectivity index (χ1n) is 3.60. The molecule has 0 bridgehead atoms. The average Bonchev–Trinajstić information content (AvgIpc) is 2.08. The van der Waals surface area contributed by atoms with E-state index in [2.05, 4.69) is 4.98 Å². The molecule has 0 aliphatic heterocycles. The second-order valence-electron chi connectivity index (χ2n) is 2.54. The number of carboxylic acid groups (broad SMARTS) is 1. The molecule has 0 unspecified atom stereocenters. The predicted octanol–water partition coefficient (Wildman–Crippen LogP) is 0.679. The lowest BCUT2D eigenvalue weighted by Gasteiger charge is -2.06. The Bertz CT molecular complexity index is 349. The molecule has 70 valence electrons. The fourth-order valence-electron chi connectivity index (χ4n) is 0.987. The molecule has 5 nitrogen and oxygen atoms in total. The molecule has 5 heteroatoms. The van der Waals surface area contributed by atoms with Crippen molar-refractivity contribution in [3.8, 4) is 5.88 Å². The number of nitrogens with zero attached hydrogens (tertiary/aromatic N) is 1. The molecule has 0 aliphatic rings. The summed E-state index contributed by atoms with van der Waals surface area (Å²) in [6.07, 6.45) is 0. The van der Waals surface area contributed by atoms with Crippen LogP contribution in [0.5, 0.6) is 5.88 Å². The fourth-order valence-corrected chi connectivity index (χ4v) is 0.987. The Hall–Kier alpha value is -1.78. The van der Waals surface area contributed by atoms with Crippen LogP contribution in [0.15, 0.2) is 6.07 Å². The molecule has 0 spiro atoms. The molecule has 0 atom stereocenters. The Morgan fingerprint density at radius 3 is 2.77 bits per heavy atom. The van der Waals surface area contributed by atoms with Crippen LogP contribution in [0.4, 0.5) is 5.69 Å². The van der Waals surface area contributed by atoms with Gasteiger partial charge in [-0.3, -0.25) is 0 Å². The zero-order valence-electron chi connectivity index (χ0n) is 7.37. The van der Waals surface area contributed by atoms with Gasteiger partial charge in [0.05, 0.1) is 12.7 Å². The topological polar surface area (TPSA) is 85.4 Å². The van der Waals surface area contributed by atoms with E-state index in [0.717, 1.165) is 0 Å². The molecular formula is C8H10N2O3. The number of aryl methyl sites for hydroxylation is 1. The Labute approximate surface area is 75.2 Å². The van der Waals surface area contributed by atoms with Crippen molar-refractivity contribution in [2.75, 3.05) is 12.8 Å². The first kappa shape index (κ1) is 9.31. The Balaban J connectivity index is 3.35. The van der Waals surface area contributed by atoms with Gasteiger partial charge in [0, 0.05) is 5.69 Å². The van der Waals surface area contributed by atoms with Crippen molar-refractivity contribution in [2.45, 2.75) is 6.92 Å². The number of ether oxygens (including phenoxy) is 1. The lowest BCUT2D eigenvalue weighted by molar-refractivity contribution is 0.0697. The van der Waals surface area contributed by atoms with Gasteiger partial charge >= 0.3 is 5.97 Å². The molecule has 1 rings (SSSR count). The van der Waals surface area contributed by atoms with E-state index < -0.39 is 5.97 Å². The highest BCUT2D eigenvalue weighted by atomic mass is 16.5. The number of carbonyl (C=O) groups is 1. The van der Waals surface area contributed by atoms with Gasteiger partial charge < -0.3 is 15.6 Å². The lowest BCUT2D eigenvalue weighted by Crippen LogP contribution is -2.06. The number of nitrogens with two attached hydrogens (primary N) is 1. The van der Waals surface area contributed by atoms with E-state index in [0.29, 0.717) is 5.69 Å². The first-order valence-corrected chi connectivity index (χ1v) is 3.60. The van der Waals surface area contributed by atoms with E-state index in [9.17, 15) is 4.79 Å².